The molecule has 1 aromatic rings. The van der Waals surface area contributed by atoms with Gasteiger partial charge in [0.2, 0.25) is 15.9 Å². The molecule has 0 aromatic heterocycles. The molecule has 13 heteroatoms. The average molecular weight is 643 g/mol. The Morgan fingerprint density at radius 3 is 2.30 bits per heavy atom. The quantitative estimate of drug-likeness (QED) is 0.377. The molecule has 2 aliphatic heterocycles. The molecule has 0 atom stereocenters. The Labute approximate surface area is 258 Å². The molecule has 44 heavy (non-hydrogen) atoms. The number of benzene rings is 1. The first-order valence-corrected chi connectivity index (χ1v) is 17.1. The molecule has 9 nitrogen and oxygen atoms in total. The standard InChI is InChI=1S/C31H45F3N4O5S/c1-21-19-26(38(23(3)39)16-17-43-4)20-22(2)27(21)10-18-44(41,42)37-14-12-30(13-15-37)29(40)35-28(36-30)25-7-5-24(6-8-25)9-11-31(32,33)34/h19-20,24-25H,5-18H2,1-4H3,(H,35,36,40). The highest BCUT2D eigenvalue weighted by molar-refractivity contribution is 7.89. The number of nitrogens with one attached hydrogen (secondary N) is 1. The molecule has 1 saturated carbocycles. The number of carbonyl (C=O) groups is 2. The second-order valence-electron chi connectivity index (χ2n) is 12.5. The maximum absolute atomic E-state index is 13.4. The van der Waals surface area contributed by atoms with Crippen molar-refractivity contribution < 1.29 is 35.9 Å². The third-order valence-electron chi connectivity index (χ3n) is 9.51. The van der Waals surface area contributed by atoms with Crippen molar-refractivity contribution in [2.75, 3.05) is 44.0 Å². The van der Waals surface area contributed by atoms with Crippen LogP contribution in [0.3, 0.4) is 0 Å². The van der Waals surface area contributed by atoms with E-state index in [9.17, 15) is 31.2 Å². The smallest absolute Gasteiger partial charge is 0.383 e. The van der Waals surface area contributed by atoms with E-state index in [4.69, 9.17) is 9.73 Å². The zero-order chi connectivity index (χ0) is 32.3. The fraction of sp³-hybridized carbons (Fsp3) is 0.710. The summed E-state index contributed by atoms with van der Waals surface area (Å²) in [6.45, 7) is 6.55. The number of piperidine rings is 1. The van der Waals surface area contributed by atoms with Crippen molar-refractivity contribution >= 4 is 33.4 Å². The Balaban J connectivity index is 1.33. The summed E-state index contributed by atoms with van der Waals surface area (Å²) < 4.78 is 71.1. The number of alkyl halides is 3. The predicted molar refractivity (Wildman–Crippen MR) is 163 cm³/mol. The van der Waals surface area contributed by atoms with Crippen molar-refractivity contribution in [3.63, 3.8) is 0 Å². The van der Waals surface area contributed by atoms with E-state index < -0.39 is 28.2 Å². The highest BCUT2D eigenvalue weighted by atomic mass is 32.2. The lowest BCUT2D eigenvalue weighted by molar-refractivity contribution is -0.138. The van der Waals surface area contributed by atoms with Gasteiger partial charge in [0.05, 0.1) is 12.4 Å². The highest BCUT2D eigenvalue weighted by Gasteiger charge is 2.48. The number of anilines is 1. The fourth-order valence-corrected chi connectivity index (χ4v) is 8.29. The number of methoxy groups -OCH3 is 1. The SMILES string of the molecule is COCCN(C(C)=O)c1cc(C)c(CCS(=O)(=O)N2CCC3(CC2)N=C(C2CCC(CCC(F)(F)F)CC2)NC3=O)c(C)c1. The maximum Gasteiger partial charge on any atom is 0.389 e. The summed E-state index contributed by atoms with van der Waals surface area (Å²) in [6.07, 6.45) is -1.11. The molecule has 3 aliphatic rings. The first-order valence-electron chi connectivity index (χ1n) is 15.5. The molecule has 1 N–H and O–H groups in total. The van der Waals surface area contributed by atoms with Gasteiger partial charge in [0.15, 0.2) is 0 Å². The maximum atomic E-state index is 13.4. The van der Waals surface area contributed by atoms with Crippen LogP contribution in [0.15, 0.2) is 17.1 Å². The Hall–Kier alpha value is -2.51. The minimum Gasteiger partial charge on any atom is -0.383 e. The van der Waals surface area contributed by atoms with Crippen molar-refractivity contribution in [2.45, 2.75) is 90.3 Å². The number of hydrogen-bond acceptors (Lipinski definition) is 6. The molecule has 1 aromatic carbocycles. The van der Waals surface area contributed by atoms with E-state index in [2.05, 4.69) is 5.32 Å². The number of sulfonamides is 1. The zero-order valence-electron chi connectivity index (χ0n) is 26.1. The Kier molecular flexibility index (Phi) is 10.8. The molecule has 1 saturated heterocycles. The Bertz CT molecular complexity index is 1330. The zero-order valence-corrected chi connectivity index (χ0v) is 27.0. The van der Waals surface area contributed by atoms with E-state index in [0.29, 0.717) is 51.1 Å². The summed E-state index contributed by atoms with van der Waals surface area (Å²) in [6, 6.07) is 3.81. The number of nitrogens with zero attached hydrogens (tertiary/aromatic N) is 3. The van der Waals surface area contributed by atoms with Crippen molar-refractivity contribution in [1.29, 1.82) is 0 Å². The number of aliphatic imine (C=N–C) groups is 1. The number of amides is 2. The molecule has 0 radical (unpaired) electrons. The molecular weight excluding hydrogens is 597 g/mol. The van der Waals surface area contributed by atoms with Crippen LogP contribution in [0, 0.1) is 25.7 Å². The largest absolute Gasteiger partial charge is 0.389 e. The third-order valence-corrected chi connectivity index (χ3v) is 11.4. The number of hydrogen-bond donors (Lipinski definition) is 1. The number of amidine groups is 1. The number of ether oxygens (including phenoxy) is 1. The number of aryl methyl sites for hydroxylation is 2. The number of rotatable bonds is 11. The van der Waals surface area contributed by atoms with Gasteiger partial charge in [-0.15, -0.1) is 0 Å². The highest BCUT2D eigenvalue weighted by Crippen LogP contribution is 2.38. The van der Waals surface area contributed by atoms with Crippen LogP contribution >= 0.6 is 0 Å². The van der Waals surface area contributed by atoms with E-state index >= 15 is 0 Å². The van der Waals surface area contributed by atoms with Crippen molar-refractivity contribution in [3.05, 3.63) is 28.8 Å². The lowest BCUT2D eigenvalue weighted by Gasteiger charge is -2.35. The van der Waals surface area contributed by atoms with Gasteiger partial charge >= 0.3 is 6.18 Å². The summed E-state index contributed by atoms with van der Waals surface area (Å²) in [5.74, 6) is 0.288. The monoisotopic (exact) mass is 642 g/mol. The van der Waals surface area contributed by atoms with Crippen LogP contribution < -0.4 is 10.2 Å². The van der Waals surface area contributed by atoms with Gasteiger partial charge in [0, 0.05) is 51.7 Å². The summed E-state index contributed by atoms with van der Waals surface area (Å²) in [4.78, 5) is 31.7. The van der Waals surface area contributed by atoms with Gasteiger partial charge in [0.25, 0.3) is 5.91 Å². The van der Waals surface area contributed by atoms with Crippen molar-refractivity contribution in [2.24, 2.45) is 16.8 Å². The van der Waals surface area contributed by atoms with Gasteiger partial charge in [0.1, 0.15) is 11.4 Å². The van der Waals surface area contributed by atoms with Gasteiger partial charge in [-0.2, -0.15) is 13.2 Å². The Morgan fingerprint density at radius 2 is 1.75 bits per heavy atom. The van der Waals surface area contributed by atoms with E-state index in [-0.39, 0.29) is 61.8 Å². The van der Waals surface area contributed by atoms with Gasteiger partial charge in [-0.3, -0.25) is 14.6 Å². The third kappa shape index (κ3) is 8.20. The topological polar surface area (TPSA) is 108 Å². The minimum atomic E-state index is -4.14. The first kappa shape index (κ1) is 34.4. The molecule has 2 fully saturated rings. The molecule has 1 aliphatic carbocycles. The van der Waals surface area contributed by atoms with Gasteiger partial charge < -0.3 is 15.0 Å². The lowest BCUT2D eigenvalue weighted by atomic mass is 9.79. The molecule has 2 amide bonds. The molecular formula is C31H45F3N4O5S. The second kappa shape index (κ2) is 13.9. The van der Waals surface area contributed by atoms with Gasteiger partial charge in [-0.05, 0) is 100.0 Å². The van der Waals surface area contributed by atoms with Crippen molar-refractivity contribution in [1.82, 2.24) is 9.62 Å². The number of carbonyl (C=O) groups excluding carboxylic acids is 2. The first-order chi connectivity index (χ1) is 20.6. The van der Waals surface area contributed by atoms with Crippen LogP contribution in [0.5, 0.6) is 0 Å². The second-order valence-corrected chi connectivity index (χ2v) is 14.6. The van der Waals surface area contributed by atoms with Gasteiger partial charge in [-0.25, -0.2) is 12.7 Å². The lowest BCUT2D eigenvalue weighted by Crippen LogP contribution is -2.51. The molecule has 0 bridgehead atoms. The molecule has 0 unspecified atom stereocenters. The number of halogens is 3. The molecule has 2 heterocycles. The van der Waals surface area contributed by atoms with E-state index in [1.165, 1.54) is 11.2 Å². The summed E-state index contributed by atoms with van der Waals surface area (Å²) in [7, 11) is -2.02. The molecule has 1 spiro atoms. The normalized spacial score (nSPS) is 22.6. The summed E-state index contributed by atoms with van der Waals surface area (Å²) in [5, 5.41) is 2.93. The van der Waals surface area contributed by atoms with E-state index in [1.54, 1.807) is 12.0 Å². The van der Waals surface area contributed by atoms with Gasteiger partial charge in [-0.1, -0.05) is 0 Å². The fourth-order valence-electron chi connectivity index (χ4n) is 6.83. The Morgan fingerprint density at radius 1 is 1.14 bits per heavy atom. The van der Waals surface area contributed by atoms with Crippen molar-refractivity contribution in [3.8, 4) is 0 Å². The minimum absolute atomic E-state index is 0.0163. The molecule has 246 valence electrons. The average Bonchev–Trinajstić information content (AvgIpc) is 3.26. The van der Waals surface area contributed by atoms with Crippen LogP contribution in [0.25, 0.3) is 0 Å². The van der Waals surface area contributed by atoms with E-state index in [1.807, 2.05) is 26.0 Å². The van der Waals surface area contributed by atoms with Crippen LogP contribution in [-0.4, -0.2) is 81.2 Å². The molecule has 4 rings (SSSR count). The predicted octanol–water partition coefficient (Wildman–Crippen LogP) is 4.69. The summed E-state index contributed by atoms with van der Waals surface area (Å²) >= 11 is 0. The summed E-state index contributed by atoms with van der Waals surface area (Å²) in [5.41, 5.74) is 2.52. The van der Waals surface area contributed by atoms with Crippen LogP contribution in [0.4, 0.5) is 18.9 Å². The van der Waals surface area contributed by atoms with Crippen LogP contribution in [-0.2, 0) is 30.8 Å². The van der Waals surface area contributed by atoms with E-state index in [0.717, 1.165) is 22.4 Å². The van der Waals surface area contributed by atoms with Crippen LogP contribution in [0.1, 0.15) is 75.0 Å². The van der Waals surface area contributed by atoms with Crippen LogP contribution in [0.2, 0.25) is 0 Å².